The van der Waals surface area contributed by atoms with E-state index in [2.05, 4.69) is 34.2 Å². The lowest BCUT2D eigenvalue weighted by Crippen LogP contribution is -1.83. The Morgan fingerprint density at radius 2 is 2.33 bits per heavy atom. The number of rotatable bonds is 4. The van der Waals surface area contributed by atoms with E-state index in [0.717, 1.165) is 15.7 Å². The number of hydrogen-bond acceptors (Lipinski definition) is 5. The molecule has 0 atom stereocenters. The van der Waals surface area contributed by atoms with Crippen LogP contribution in [-0.4, -0.2) is 21.9 Å². The first-order valence-corrected chi connectivity index (χ1v) is 7.32. The Morgan fingerprint density at radius 1 is 1.39 bits per heavy atom. The largest absolute Gasteiger partial charge is 0.395 e. The molecule has 0 amide bonds. The molecule has 0 radical (unpaired) electrons. The van der Waals surface area contributed by atoms with E-state index in [-0.39, 0.29) is 6.61 Å². The molecule has 18 heavy (non-hydrogen) atoms. The van der Waals surface area contributed by atoms with Crippen molar-refractivity contribution < 1.29 is 5.11 Å². The monoisotopic (exact) mass is 276 g/mol. The summed E-state index contributed by atoms with van der Waals surface area (Å²) in [5, 5.41) is 16.5. The van der Waals surface area contributed by atoms with Crippen molar-refractivity contribution in [1.82, 2.24) is 10.2 Å². The van der Waals surface area contributed by atoms with Gasteiger partial charge in [0.25, 0.3) is 0 Å². The van der Waals surface area contributed by atoms with Crippen molar-refractivity contribution in [2.24, 2.45) is 0 Å². The summed E-state index contributed by atoms with van der Waals surface area (Å²) in [4.78, 5) is 0. The fourth-order valence-electron chi connectivity index (χ4n) is 1.33. The second-order valence-corrected chi connectivity index (χ2v) is 5.52. The molecule has 0 saturated carbocycles. The SMILES string of the molecule is OCCC#Cc1cccc(CSc2nncs2)c1. The highest BCUT2D eigenvalue weighted by Crippen LogP contribution is 2.23. The average Bonchev–Trinajstić information content (AvgIpc) is 2.90. The van der Waals surface area contributed by atoms with Crippen LogP contribution in [0.3, 0.4) is 0 Å². The van der Waals surface area contributed by atoms with Crippen molar-refractivity contribution in [2.45, 2.75) is 16.5 Å². The number of aliphatic hydroxyl groups is 1. The van der Waals surface area contributed by atoms with Crippen LogP contribution in [0.1, 0.15) is 17.5 Å². The van der Waals surface area contributed by atoms with Gasteiger partial charge < -0.3 is 5.11 Å². The zero-order valence-electron chi connectivity index (χ0n) is 9.67. The Hall–Kier alpha value is -1.35. The van der Waals surface area contributed by atoms with Gasteiger partial charge in [-0.2, -0.15) is 0 Å². The first-order valence-electron chi connectivity index (χ1n) is 5.46. The summed E-state index contributed by atoms with van der Waals surface area (Å²) in [7, 11) is 0. The molecule has 0 aliphatic rings. The highest BCUT2D eigenvalue weighted by atomic mass is 32.2. The van der Waals surface area contributed by atoms with Crippen LogP contribution < -0.4 is 0 Å². The lowest BCUT2D eigenvalue weighted by atomic mass is 10.1. The number of aliphatic hydroxyl groups excluding tert-OH is 1. The molecule has 0 aliphatic carbocycles. The number of aromatic nitrogens is 2. The predicted molar refractivity (Wildman–Crippen MR) is 74.5 cm³/mol. The molecule has 1 aromatic heterocycles. The van der Waals surface area contributed by atoms with Crippen LogP contribution >= 0.6 is 23.1 Å². The molecule has 1 heterocycles. The lowest BCUT2D eigenvalue weighted by Gasteiger charge is -1.99. The molecule has 0 saturated heterocycles. The Kier molecular flexibility index (Phi) is 5.21. The van der Waals surface area contributed by atoms with Crippen LogP contribution in [0.25, 0.3) is 0 Å². The molecule has 1 N–H and O–H groups in total. The summed E-state index contributed by atoms with van der Waals surface area (Å²) >= 11 is 3.22. The normalized spacial score (nSPS) is 9.83. The third-order valence-corrected chi connectivity index (χ3v) is 4.03. The van der Waals surface area contributed by atoms with E-state index < -0.39 is 0 Å². The van der Waals surface area contributed by atoms with Gasteiger partial charge in [-0.1, -0.05) is 47.1 Å². The molecule has 0 bridgehead atoms. The number of thioether (sulfide) groups is 1. The minimum Gasteiger partial charge on any atom is -0.395 e. The van der Waals surface area contributed by atoms with Gasteiger partial charge in [-0.05, 0) is 17.7 Å². The van der Waals surface area contributed by atoms with Crippen LogP contribution in [0.2, 0.25) is 0 Å². The molecule has 0 fully saturated rings. The molecular weight excluding hydrogens is 264 g/mol. The first-order chi connectivity index (χ1) is 8.88. The van der Waals surface area contributed by atoms with Crippen molar-refractivity contribution in [3.63, 3.8) is 0 Å². The van der Waals surface area contributed by atoms with Crippen molar-refractivity contribution in [1.29, 1.82) is 0 Å². The van der Waals surface area contributed by atoms with Gasteiger partial charge >= 0.3 is 0 Å². The standard InChI is InChI=1S/C13H12N2OS2/c16-7-2-1-4-11-5-3-6-12(8-11)9-17-13-15-14-10-18-13/h3,5-6,8,10,16H,2,7,9H2. The molecule has 5 heteroatoms. The van der Waals surface area contributed by atoms with Crippen molar-refractivity contribution in [3.8, 4) is 11.8 Å². The first kappa shape index (κ1) is 13.1. The summed E-state index contributed by atoms with van der Waals surface area (Å²) in [5.74, 6) is 6.82. The zero-order chi connectivity index (χ0) is 12.6. The van der Waals surface area contributed by atoms with E-state index in [4.69, 9.17) is 5.11 Å². The van der Waals surface area contributed by atoms with Crippen molar-refractivity contribution in [2.75, 3.05) is 6.61 Å². The van der Waals surface area contributed by atoms with Gasteiger partial charge in [0.2, 0.25) is 0 Å². The second-order valence-electron chi connectivity index (χ2n) is 3.47. The fraction of sp³-hybridized carbons (Fsp3) is 0.231. The maximum atomic E-state index is 8.67. The quantitative estimate of drug-likeness (QED) is 0.688. The van der Waals surface area contributed by atoms with Gasteiger partial charge in [0.15, 0.2) is 4.34 Å². The number of hydrogen-bond donors (Lipinski definition) is 1. The Balaban J connectivity index is 1.97. The summed E-state index contributed by atoms with van der Waals surface area (Å²) in [5.41, 5.74) is 3.93. The highest BCUT2D eigenvalue weighted by Gasteiger charge is 1.99. The summed E-state index contributed by atoms with van der Waals surface area (Å²) < 4.78 is 0.978. The molecule has 0 spiro atoms. The van der Waals surface area contributed by atoms with E-state index in [9.17, 15) is 0 Å². The zero-order valence-corrected chi connectivity index (χ0v) is 11.3. The second kappa shape index (κ2) is 7.17. The number of benzene rings is 1. The molecule has 0 aliphatic heterocycles. The number of nitrogens with zero attached hydrogens (tertiary/aromatic N) is 2. The average molecular weight is 276 g/mol. The smallest absolute Gasteiger partial charge is 0.174 e. The summed E-state index contributed by atoms with van der Waals surface area (Å²) in [6, 6.07) is 8.12. The van der Waals surface area contributed by atoms with Gasteiger partial charge in [-0.15, -0.1) is 10.2 Å². The van der Waals surface area contributed by atoms with Gasteiger partial charge in [0.1, 0.15) is 5.51 Å². The molecule has 1 aromatic carbocycles. The molecular formula is C13H12N2OS2. The lowest BCUT2D eigenvalue weighted by molar-refractivity contribution is 0.305. The van der Waals surface area contributed by atoms with Crippen molar-refractivity contribution >= 4 is 23.1 Å². The maximum Gasteiger partial charge on any atom is 0.174 e. The van der Waals surface area contributed by atoms with Gasteiger partial charge in [-0.3, -0.25) is 0 Å². The van der Waals surface area contributed by atoms with E-state index in [1.807, 2.05) is 12.1 Å². The highest BCUT2D eigenvalue weighted by molar-refractivity contribution is 8.00. The van der Waals surface area contributed by atoms with Crippen LogP contribution in [0.5, 0.6) is 0 Å². The predicted octanol–water partition coefficient (Wildman–Crippen LogP) is 2.56. The van der Waals surface area contributed by atoms with Gasteiger partial charge in [0, 0.05) is 17.7 Å². The molecule has 3 nitrogen and oxygen atoms in total. The van der Waals surface area contributed by atoms with E-state index >= 15 is 0 Å². The summed E-state index contributed by atoms with van der Waals surface area (Å²) in [6.07, 6.45) is 0.518. The molecule has 92 valence electrons. The summed E-state index contributed by atoms with van der Waals surface area (Å²) in [6.45, 7) is 0.111. The van der Waals surface area contributed by atoms with Gasteiger partial charge in [-0.25, -0.2) is 0 Å². The molecule has 2 aromatic rings. The Morgan fingerprint density at radius 3 is 3.11 bits per heavy atom. The Bertz CT molecular complexity index is 544. The van der Waals surface area contributed by atoms with Crippen LogP contribution in [0, 0.1) is 11.8 Å². The van der Waals surface area contributed by atoms with E-state index in [1.165, 1.54) is 5.56 Å². The topological polar surface area (TPSA) is 46.0 Å². The molecule has 0 unspecified atom stereocenters. The third kappa shape index (κ3) is 4.15. The van der Waals surface area contributed by atoms with E-state index in [0.29, 0.717) is 6.42 Å². The Labute approximate surface area is 114 Å². The van der Waals surface area contributed by atoms with Crippen LogP contribution in [-0.2, 0) is 5.75 Å². The minimum atomic E-state index is 0.111. The van der Waals surface area contributed by atoms with Gasteiger partial charge in [0.05, 0.1) is 6.61 Å². The fourth-order valence-corrected chi connectivity index (χ4v) is 2.76. The molecule has 2 rings (SSSR count). The maximum absolute atomic E-state index is 8.67. The van der Waals surface area contributed by atoms with Crippen LogP contribution in [0.4, 0.5) is 0 Å². The van der Waals surface area contributed by atoms with Crippen molar-refractivity contribution in [3.05, 3.63) is 40.9 Å². The van der Waals surface area contributed by atoms with E-state index in [1.54, 1.807) is 28.6 Å². The van der Waals surface area contributed by atoms with Crippen LogP contribution in [0.15, 0.2) is 34.1 Å². The minimum absolute atomic E-state index is 0.111. The third-order valence-electron chi connectivity index (χ3n) is 2.10.